The molecule has 7 heteroatoms. The smallest absolute Gasteiger partial charge is 0.243 e. The summed E-state index contributed by atoms with van der Waals surface area (Å²) in [4.78, 5) is 20.5. The highest BCUT2D eigenvalue weighted by Gasteiger charge is 2.26. The predicted octanol–water partition coefficient (Wildman–Crippen LogP) is 1.66. The number of guanidine groups is 1. The second-order valence-electron chi connectivity index (χ2n) is 7.40. The Morgan fingerprint density at radius 3 is 2.84 bits per heavy atom. The fourth-order valence-corrected chi connectivity index (χ4v) is 4.30. The van der Waals surface area contributed by atoms with Gasteiger partial charge < -0.3 is 19.9 Å². The summed E-state index contributed by atoms with van der Waals surface area (Å²) >= 11 is 2.04. The third-order valence-corrected chi connectivity index (χ3v) is 6.30. The van der Waals surface area contributed by atoms with E-state index in [0.29, 0.717) is 11.2 Å². The van der Waals surface area contributed by atoms with Gasteiger partial charge in [-0.3, -0.25) is 4.79 Å². The minimum atomic E-state index is 0.0278. The van der Waals surface area contributed by atoms with Crippen LogP contribution >= 0.6 is 11.8 Å². The van der Waals surface area contributed by atoms with Crippen LogP contribution in [0.2, 0.25) is 0 Å². The number of nitrogens with one attached hydrogen (secondary N) is 1. The molecule has 2 rings (SSSR count). The van der Waals surface area contributed by atoms with Crippen LogP contribution in [-0.2, 0) is 9.53 Å². The van der Waals surface area contributed by atoms with Gasteiger partial charge in [0.15, 0.2) is 5.96 Å². The summed E-state index contributed by atoms with van der Waals surface area (Å²) in [5.74, 6) is 2.62. The van der Waals surface area contributed by atoms with Crippen molar-refractivity contribution in [3.8, 4) is 0 Å². The number of hydrogen-bond donors (Lipinski definition) is 1. The molecule has 0 spiro atoms. The van der Waals surface area contributed by atoms with Gasteiger partial charge in [-0.25, -0.2) is 4.99 Å². The van der Waals surface area contributed by atoms with Gasteiger partial charge in [0.2, 0.25) is 5.91 Å². The van der Waals surface area contributed by atoms with Crippen LogP contribution in [0.25, 0.3) is 0 Å². The number of amides is 1. The van der Waals surface area contributed by atoms with Gasteiger partial charge in [0.05, 0.1) is 6.10 Å². The quantitative estimate of drug-likeness (QED) is 0.589. The van der Waals surface area contributed by atoms with Gasteiger partial charge in [-0.15, -0.1) is 0 Å². The molecule has 144 valence electrons. The molecular formula is C18H34N4O2S. The maximum Gasteiger partial charge on any atom is 0.243 e. The van der Waals surface area contributed by atoms with Crippen LogP contribution in [0.5, 0.6) is 0 Å². The summed E-state index contributed by atoms with van der Waals surface area (Å²) < 4.78 is 5.82. The van der Waals surface area contributed by atoms with Gasteiger partial charge in [-0.05, 0) is 25.2 Å². The number of aliphatic imine (C=N–C) groups is 1. The minimum absolute atomic E-state index is 0.0278. The molecule has 1 amide bonds. The van der Waals surface area contributed by atoms with E-state index < -0.39 is 0 Å². The van der Waals surface area contributed by atoms with Crippen molar-refractivity contribution >= 4 is 23.6 Å². The fourth-order valence-electron chi connectivity index (χ4n) is 3.00. The molecule has 0 aromatic heterocycles. The van der Waals surface area contributed by atoms with Crippen molar-refractivity contribution in [3.05, 3.63) is 0 Å². The van der Waals surface area contributed by atoms with Crippen molar-refractivity contribution in [2.24, 2.45) is 10.9 Å². The molecule has 2 heterocycles. The molecule has 0 aromatic carbocycles. The monoisotopic (exact) mass is 370 g/mol. The number of ether oxygens (including phenoxy) is 1. The lowest BCUT2D eigenvalue weighted by atomic mass is 10.1. The second-order valence-corrected chi connectivity index (χ2v) is 8.74. The molecule has 0 aliphatic carbocycles. The number of hydrogen-bond acceptors (Lipinski definition) is 4. The SMILES string of the molecule is CC(C)C1CN(C(=NCC(=O)N(C)C)NCC2CCCCO2)CCS1. The predicted molar refractivity (Wildman–Crippen MR) is 105 cm³/mol. The van der Waals surface area contributed by atoms with Crippen molar-refractivity contribution in [1.82, 2.24) is 15.1 Å². The van der Waals surface area contributed by atoms with E-state index in [0.717, 1.165) is 50.8 Å². The first-order valence-electron chi connectivity index (χ1n) is 9.44. The summed E-state index contributed by atoms with van der Waals surface area (Å²) in [7, 11) is 3.54. The molecule has 2 unspecified atom stereocenters. The highest BCUT2D eigenvalue weighted by atomic mass is 32.2. The van der Waals surface area contributed by atoms with E-state index in [4.69, 9.17) is 4.74 Å². The molecule has 0 radical (unpaired) electrons. The van der Waals surface area contributed by atoms with E-state index in [1.165, 1.54) is 6.42 Å². The van der Waals surface area contributed by atoms with Crippen molar-refractivity contribution in [3.63, 3.8) is 0 Å². The van der Waals surface area contributed by atoms with Crippen molar-refractivity contribution in [2.75, 3.05) is 52.6 Å². The molecule has 2 aliphatic rings. The van der Waals surface area contributed by atoms with E-state index in [9.17, 15) is 4.79 Å². The molecule has 1 N–H and O–H groups in total. The van der Waals surface area contributed by atoms with Crippen LogP contribution in [0.3, 0.4) is 0 Å². The normalized spacial score (nSPS) is 25.2. The molecule has 2 saturated heterocycles. The van der Waals surface area contributed by atoms with Crippen LogP contribution in [0, 0.1) is 5.92 Å². The first-order valence-corrected chi connectivity index (χ1v) is 10.5. The molecule has 0 aromatic rings. The van der Waals surface area contributed by atoms with Crippen LogP contribution < -0.4 is 5.32 Å². The standard InChI is InChI=1S/C18H34N4O2S/c1-14(2)16-13-22(8-10-25-16)18(20-12-17(23)21(3)4)19-11-15-7-5-6-9-24-15/h14-16H,5-13H2,1-4H3,(H,19,20). The number of rotatable bonds is 5. The molecule has 0 bridgehead atoms. The Labute approximate surface area is 156 Å². The van der Waals surface area contributed by atoms with Gasteiger partial charge in [0.25, 0.3) is 0 Å². The van der Waals surface area contributed by atoms with E-state index in [1.807, 2.05) is 11.8 Å². The summed E-state index contributed by atoms with van der Waals surface area (Å²) in [6.45, 7) is 8.32. The summed E-state index contributed by atoms with van der Waals surface area (Å²) in [5, 5.41) is 4.09. The first kappa shape index (κ1) is 20.4. The zero-order valence-electron chi connectivity index (χ0n) is 16.2. The Bertz CT molecular complexity index is 450. The third-order valence-electron chi connectivity index (χ3n) is 4.76. The number of likely N-dealkylation sites (N-methyl/N-ethyl adjacent to an activating group) is 1. The van der Waals surface area contributed by atoms with Crippen LogP contribution in [-0.4, -0.2) is 85.7 Å². The highest BCUT2D eigenvalue weighted by Crippen LogP contribution is 2.25. The lowest BCUT2D eigenvalue weighted by Gasteiger charge is -2.37. The number of carbonyl (C=O) groups excluding carboxylic acids is 1. The maximum absolute atomic E-state index is 12.0. The number of thioether (sulfide) groups is 1. The van der Waals surface area contributed by atoms with Crippen molar-refractivity contribution in [2.45, 2.75) is 44.5 Å². The largest absolute Gasteiger partial charge is 0.376 e. The lowest BCUT2D eigenvalue weighted by Crippen LogP contribution is -2.51. The van der Waals surface area contributed by atoms with E-state index in [-0.39, 0.29) is 18.6 Å². The zero-order chi connectivity index (χ0) is 18.2. The first-order chi connectivity index (χ1) is 12.0. The Morgan fingerprint density at radius 1 is 1.40 bits per heavy atom. The molecule has 6 nitrogen and oxygen atoms in total. The molecule has 2 fully saturated rings. The molecule has 25 heavy (non-hydrogen) atoms. The molecule has 0 saturated carbocycles. The number of carbonyl (C=O) groups is 1. The molecule has 2 atom stereocenters. The van der Waals surface area contributed by atoms with Crippen molar-refractivity contribution in [1.29, 1.82) is 0 Å². The lowest BCUT2D eigenvalue weighted by molar-refractivity contribution is -0.127. The van der Waals surface area contributed by atoms with Gasteiger partial charge in [0, 0.05) is 51.3 Å². The highest BCUT2D eigenvalue weighted by molar-refractivity contribution is 8.00. The van der Waals surface area contributed by atoms with Crippen LogP contribution in [0.15, 0.2) is 4.99 Å². The third kappa shape index (κ3) is 6.70. The average Bonchev–Trinajstić information content (AvgIpc) is 2.62. The molecular weight excluding hydrogens is 336 g/mol. The van der Waals surface area contributed by atoms with Gasteiger partial charge >= 0.3 is 0 Å². The Hall–Kier alpha value is -0.950. The summed E-state index contributed by atoms with van der Waals surface area (Å²) in [6.07, 6.45) is 3.74. The Kier molecular flexibility index (Phi) is 8.36. The van der Waals surface area contributed by atoms with E-state index in [2.05, 4.69) is 29.1 Å². The Morgan fingerprint density at radius 2 is 2.20 bits per heavy atom. The average molecular weight is 371 g/mol. The minimum Gasteiger partial charge on any atom is -0.376 e. The fraction of sp³-hybridized carbons (Fsp3) is 0.889. The maximum atomic E-state index is 12.0. The van der Waals surface area contributed by atoms with Gasteiger partial charge in [0.1, 0.15) is 6.54 Å². The summed E-state index contributed by atoms with van der Waals surface area (Å²) in [5.41, 5.74) is 0. The van der Waals surface area contributed by atoms with E-state index in [1.54, 1.807) is 19.0 Å². The molecule has 2 aliphatic heterocycles. The van der Waals surface area contributed by atoms with Gasteiger partial charge in [-0.1, -0.05) is 13.8 Å². The topological polar surface area (TPSA) is 57.2 Å². The van der Waals surface area contributed by atoms with E-state index >= 15 is 0 Å². The Balaban J connectivity index is 1.99. The number of nitrogens with zero attached hydrogens (tertiary/aromatic N) is 3. The summed E-state index contributed by atoms with van der Waals surface area (Å²) in [6, 6.07) is 0. The van der Waals surface area contributed by atoms with Crippen LogP contribution in [0.4, 0.5) is 0 Å². The van der Waals surface area contributed by atoms with Crippen molar-refractivity contribution < 1.29 is 9.53 Å². The van der Waals surface area contributed by atoms with Crippen LogP contribution in [0.1, 0.15) is 33.1 Å². The zero-order valence-corrected chi connectivity index (χ0v) is 17.0. The second kappa shape index (κ2) is 10.3. The van der Waals surface area contributed by atoms with Gasteiger partial charge in [-0.2, -0.15) is 11.8 Å².